The van der Waals surface area contributed by atoms with Crippen LogP contribution >= 0.6 is 0 Å². The van der Waals surface area contributed by atoms with Gasteiger partial charge in [0.15, 0.2) is 0 Å². The first-order chi connectivity index (χ1) is 12.0. The monoisotopic (exact) mass is 338 g/mol. The largest absolute Gasteiger partial charge is 0.368 e. The number of nitrogens with zero attached hydrogens (tertiary/aromatic N) is 4. The highest BCUT2D eigenvalue weighted by Gasteiger charge is 2.34. The van der Waals surface area contributed by atoms with Gasteiger partial charge in [0, 0.05) is 12.6 Å². The molecule has 1 aliphatic rings. The Morgan fingerprint density at radius 1 is 1.28 bits per heavy atom. The van der Waals surface area contributed by atoms with Crippen LogP contribution in [-0.2, 0) is 16.1 Å². The molecule has 1 aromatic carbocycles. The number of nitrogens with one attached hydrogen (secondary N) is 1. The van der Waals surface area contributed by atoms with Crippen molar-refractivity contribution < 1.29 is 9.59 Å². The first-order valence-electron chi connectivity index (χ1n) is 7.82. The SMILES string of the molecule is Cc1nccc(CNC(=O)C2=NN(c3ccccc3)C(C(N)=O)C2)n1. The molecule has 2 amide bonds. The number of primary amides is 1. The molecule has 25 heavy (non-hydrogen) atoms. The van der Waals surface area contributed by atoms with Gasteiger partial charge in [-0.05, 0) is 25.1 Å². The average Bonchev–Trinajstić information content (AvgIpc) is 3.06. The first kappa shape index (κ1) is 16.6. The third kappa shape index (κ3) is 3.79. The van der Waals surface area contributed by atoms with Crippen LogP contribution < -0.4 is 16.1 Å². The van der Waals surface area contributed by atoms with Crippen molar-refractivity contribution in [3.05, 3.63) is 54.1 Å². The number of hydrogen-bond acceptors (Lipinski definition) is 6. The molecule has 8 nitrogen and oxygen atoms in total. The number of rotatable bonds is 5. The van der Waals surface area contributed by atoms with Crippen molar-refractivity contribution >= 4 is 23.2 Å². The van der Waals surface area contributed by atoms with E-state index >= 15 is 0 Å². The number of para-hydroxylation sites is 1. The van der Waals surface area contributed by atoms with Crippen LogP contribution in [0.25, 0.3) is 0 Å². The Hall–Kier alpha value is -3.29. The van der Waals surface area contributed by atoms with E-state index in [-0.39, 0.29) is 24.6 Å². The summed E-state index contributed by atoms with van der Waals surface area (Å²) in [6.07, 6.45) is 1.80. The second-order valence-corrected chi connectivity index (χ2v) is 5.63. The molecule has 3 rings (SSSR count). The van der Waals surface area contributed by atoms with E-state index in [1.165, 1.54) is 5.01 Å². The topological polar surface area (TPSA) is 114 Å². The second kappa shape index (κ2) is 7.08. The number of aromatic nitrogens is 2. The number of aryl methyl sites for hydroxylation is 1. The highest BCUT2D eigenvalue weighted by molar-refractivity contribution is 6.40. The van der Waals surface area contributed by atoms with Gasteiger partial charge in [0.1, 0.15) is 17.6 Å². The lowest BCUT2D eigenvalue weighted by molar-refractivity contribution is -0.119. The summed E-state index contributed by atoms with van der Waals surface area (Å²) in [4.78, 5) is 32.4. The van der Waals surface area contributed by atoms with Crippen LogP contribution in [0.5, 0.6) is 0 Å². The zero-order valence-corrected chi connectivity index (χ0v) is 13.7. The van der Waals surface area contributed by atoms with Gasteiger partial charge in [-0.1, -0.05) is 18.2 Å². The molecule has 1 aromatic heterocycles. The number of hydrazone groups is 1. The van der Waals surface area contributed by atoms with Crippen molar-refractivity contribution in [1.82, 2.24) is 15.3 Å². The van der Waals surface area contributed by atoms with E-state index in [0.29, 0.717) is 17.2 Å². The Morgan fingerprint density at radius 3 is 2.72 bits per heavy atom. The summed E-state index contributed by atoms with van der Waals surface area (Å²) in [5.41, 5.74) is 7.14. The lowest BCUT2D eigenvalue weighted by atomic mass is 10.1. The summed E-state index contributed by atoms with van der Waals surface area (Å²) >= 11 is 0. The molecule has 0 aliphatic carbocycles. The summed E-state index contributed by atoms with van der Waals surface area (Å²) < 4.78 is 0. The second-order valence-electron chi connectivity index (χ2n) is 5.63. The fourth-order valence-corrected chi connectivity index (χ4v) is 2.56. The van der Waals surface area contributed by atoms with Crippen molar-refractivity contribution in [2.75, 3.05) is 5.01 Å². The molecule has 0 fully saturated rings. The van der Waals surface area contributed by atoms with E-state index in [0.717, 1.165) is 0 Å². The number of hydrogen-bond donors (Lipinski definition) is 2. The number of amides is 2. The highest BCUT2D eigenvalue weighted by Crippen LogP contribution is 2.24. The molecule has 1 atom stereocenters. The summed E-state index contributed by atoms with van der Waals surface area (Å²) in [7, 11) is 0. The number of anilines is 1. The standard InChI is InChI=1S/C17H18N6O2/c1-11-19-8-7-12(21-11)10-20-17(25)14-9-15(16(18)24)23(22-14)13-5-3-2-4-6-13/h2-8,15H,9-10H2,1H3,(H2,18,24)(H,20,25). The number of carbonyl (C=O) groups excluding carboxylic acids is 2. The first-order valence-corrected chi connectivity index (χ1v) is 7.82. The maximum atomic E-state index is 12.4. The molecule has 8 heteroatoms. The zero-order chi connectivity index (χ0) is 17.8. The number of benzene rings is 1. The molecule has 1 aliphatic heterocycles. The van der Waals surface area contributed by atoms with Gasteiger partial charge in [0.05, 0.1) is 17.9 Å². The van der Waals surface area contributed by atoms with E-state index in [9.17, 15) is 9.59 Å². The molecule has 0 saturated carbocycles. The number of nitrogens with two attached hydrogens (primary N) is 1. The molecular formula is C17H18N6O2. The third-order valence-corrected chi connectivity index (χ3v) is 3.79. The van der Waals surface area contributed by atoms with Gasteiger partial charge in [-0.15, -0.1) is 0 Å². The Bertz CT molecular complexity index is 821. The minimum atomic E-state index is -0.676. The molecule has 0 bridgehead atoms. The lowest BCUT2D eigenvalue weighted by Crippen LogP contribution is -2.39. The normalized spacial score (nSPS) is 16.4. The molecule has 0 spiro atoms. The zero-order valence-electron chi connectivity index (χ0n) is 13.7. The molecule has 3 N–H and O–H groups in total. The summed E-state index contributed by atoms with van der Waals surface area (Å²) in [5.74, 6) is -0.239. The van der Waals surface area contributed by atoms with E-state index in [2.05, 4.69) is 20.4 Å². The van der Waals surface area contributed by atoms with Crippen molar-refractivity contribution in [2.24, 2.45) is 10.8 Å². The van der Waals surface area contributed by atoms with E-state index in [1.54, 1.807) is 19.2 Å². The Morgan fingerprint density at radius 2 is 2.04 bits per heavy atom. The van der Waals surface area contributed by atoms with Gasteiger partial charge in [-0.25, -0.2) is 9.97 Å². The van der Waals surface area contributed by atoms with Crippen molar-refractivity contribution in [2.45, 2.75) is 25.9 Å². The summed E-state index contributed by atoms with van der Waals surface area (Å²) in [5, 5.41) is 8.55. The van der Waals surface area contributed by atoms with Gasteiger partial charge in [-0.2, -0.15) is 5.10 Å². The predicted octanol–water partition coefficient (Wildman–Crippen LogP) is 0.521. The number of carbonyl (C=O) groups is 2. The summed E-state index contributed by atoms with van der Waals surface area (Å²) in [6, 6.07) is 10.2. The van der Waals surface area contributed by atoms with Gasteiger partial charge in [-0.3, -0.25) is 14.6 Å². The van der Waals surface area contributed by atoms with Crippen LogP contribution in [0.1, 0.15) is 17.9 Å². The summed E-state index contributed by atoms with van der Waals surface area (Å²) in [6.45, 7) is 2.04. The van der Waals surface area contributed by atoms with Gasteiger partial charge in [0.2, 0.25) is 5.91 Å². The minimum absolute atomic E-state index is 0.166. The molecule has 0 radical (unpaired) electrons. The van der Waals surface area contributed by atoms with Crippen LogP contribution in [0.2, 0.25) is 0 Å². The van der Waals surface area contributed by atoms with Crippen molar-refractivity contribution in [3.8, 4) is 0 Å². The molecule has 128 valence electrons. The van der Waals surface area contributed by atoms with Crippen LogP contribution in [-0.4, -0.2) is 33.5 Å². The molecular weight excluding hydrogens is 320 g/mol. The van der Waals surface area contributed by atoms with Gasteiger partial charge < -0.3 is 11.1 Å². The van der Waals surface area contributed by atoms with E-state index < -0.39 is 11.9 Å². The Balaban J connectivity index is 1.73. The molecule has 2 heterocycles. The lowest BCUT2D eigenvalue weighted by Gasteiger charge is -2.20. The van der Waals surface area contributed by atoms with Crippen molar-refractivity contribution in [1.29, 1.82) is 0 Å². The van der Waals surface area contributed by atoms with Crippen LogP contribution in [0.3, 0.4) is 0 Å². The smallest absolute Gasteiger partial charge is 0.267 e. The third-order valence-electron chi connectivity index (χ3n) is 3.79. The fraction of sp³-hybridized carbons (Fsp3) is 0.235. The predicted molar refractivity (Wildman–Crippen MR) is 92.6 cm³/mol. The quantitative estimate of drug-likeness (QED) is 0.825. The van der Waals surface area contributed by atoms with Crippen molar-refractivity contribution in [3.63, 3.8) is 0 Å². The average molecular weight is 338 g/mol. The van der Waals surface area contributed by atoms with Crippen LogP contribution in [0, 0.1) is 6.92 Å². The maximum absolute atomic E-state index is 12.4. The van der Waals surface area contributed by atoms with Crippen LogP contribution in [0.15, 0.2) is 47.7 Å². The van der Waals surface area contributed by atoms with Gasteiger partial charge >= 0.3 is 0 Å². The maximum Gasteiger partial charge on any atom is 0.267 e. The fourth-order valence-electron chi connectivity index (χ4n) is 2.56. The highest BCUT2D eigenvalue weighted by atomic mass is 16.2. The van der Waals surface area contributed by atoms with E-state index in [4.69, 9.17) is 5.73 Å². The van der Waals surface area contributed by atoms with Gasteiger partial charge in [0.25, 0.3) is 5.91 Å². The molecule has 1 unspecified atom stereocenters. The molecule has 0 saturated heterocycles. The minimum Gasteiger partial charge on any atom is -0.368 e. The van der Waals surface area contributed by atoms with E-state index in [1.807, 2.05) is 30.3 Å². The molecule has 2 aromatic rings. The Labute approximate surface area is 144 Å². The van der Waals surface area contributed by atoms with Crippen LogP contribution in [0.4, 0.5) is 5.69 Å². The Kier molecular flexibility index (Phi) is 4.69.